The average Bonchev–Trinajstić information content (AvgIpc) is 3.00. The van der Waals surface area contributed by atoms with Gasteiger partial charge in [0.2, 0.25) is 0 Å². The molecule has 2 aromatic carbocycles. The number of phenols is 1. The highest BCUT2D eigenvalue weighted by Crippen LogP contribution is 2.40. The zero-order chi connectivity index (χ0) is 28.8. The molecule has 3 aliphatic rings. The SMILES string of the molecule is CCN(Cc1ccc(OCCN2CCCCC2)c(F)c1)C1C=C(OC)C(OC)=CC1[C@@H]1CCc2cc(O)ccc2C1. The number of benzene rings is 2. The predicted octanol–water partition coefficient (Wildman–Crippen LogP) is 6.08. The standard InChI is InChI=1S/C34H45FN2O4/c1-4-37(23-24-8-13-32(30(35)18-24)41-17-16-36-14-6-5-7-15-36)31-22-34(40-3)33(39-2)21-29(31)27-10-9-26-20-28(38)12-11-25(26)19-27/h8,11-13,18,20-22,27,29,31,38H,4-7,9-10,14-17,19,23H2,1-3H3/t27-,29?,31?/m1/s1. The van der Waals surface area contributed by atoms with Crippen molar-refractivity contribution in [1.29, 1.82) is 0 Å². The molecule has 6 nitrogen and oxygen atoms in total. The fourth-order valence-corrected chi connectivity index (χ4v) is 6.79. The summed E-state index contributed by atoms with van der Waals surface area (Å²) in [5, 5.41) is 9.96. The van der Waals surface area contributed by atoms with Crippen LogP contribution in [0.15, 0.2) is 60.1 Å². The maximum atomic E-state index is 15.1. The van der Waals surface area contributed by atoms with Gasteiger partial charge >= 0.3 is 0 Å². The molecule has 222 valence electrons. The monoisotopic (exact) mass is 564 g/mol. The van der Waals surface area contributed by atoms with Gasteiger partial charge in [-0.2, -0.15) is 0 Å². The van der Waals surface area contributed by atoms with E-state index in [1.807, 2.05) is 12.1 Å². The number of likely N-dealkylation sites (tertiary alicyclic amines) is 1. The minimum atomic E-state index is -0.306. The number of aromatic hydroxyl groups is 1. The summed E-state index contributed by atoms with van der Waals surface area (Å²) in [7, 11) is 3.36. The van der Waals surface area contributed by atoms with Crippen molar-refractivity contribution < 1.29 is 23.7 Å². The molecule has 1 N–H and O–H groups in total. The number of nitrogens with zero attached hydrogens (tertiary/aromatic N) is 2. The Morgan fingerprint density at radius 1 is 0.976 bits per heavy atom. The van der Waals surface area contributed by atoms with Gasteiger partial charge in [-0.15, -0.1) is 0 Å². The van der Waals surface area contributed by atoms with Crippen LogP contribution in [0.5, 0.6) is 11.5 Å². The van der Waals surface area contributed by atoms with Crippen LogP contribution in [0.2, 0.25) is 0 Å². The van der Waals surface area contributed by atoms with Crippen molar-refractivity contribution >= 4 is 0 Å². The highest BCUT2D eigenvalue weighted by molar-refractivity contribution is 5.38. The molecular weight excluding hydrogens is 519 g/mol. The van der Waals surface area contributed by atoms with Crippen LogP contribution in [0.1, 0.15) is 49.3 Å². The van der Waals surface area contributed by atoms with Gasteiger partial charge in [0.15, 0.2) is 23.1 Å². The Hall–Kier alpha value is -3.03. The summed E-state index contributed by atoms with van der Waals surface area (Å²) in [6.07, 6.45) is 11.1. The fourth-order valence-electron chi connectivity index (χ4n) is 6.79. The third kappa shape index (κ3) is 7.07. The molecule has 5 rings (SSSR count). The molecule has 1 heterocycles. The van der Waals surface area contributed by atoms with E-state index in [-0.39, 0.29) is 17.8 Å². The first kappa shape index (κ1) is 29.5. The molecule has 1 aliphatic heterocycles. The molecule has 7 heteroatoms. The first-order valence-corrected chi connectivity index (χ1v) is 15.2. The number of phenolic OH excluding ortho intramolecular Hbond substituents is 1. The Morgan fingerprint density at radius 3 is 2.49 bits per heavy atom. The zero-order valence-electron chi connectivity index (χ0n) is 24.8. The normalized spacial score (nSPS) is 23.0. The molecule has 0 bridgehead atoms. The van der Waals surface area contributed by atoms with Crippen molar-refractivity contribution in [1.82, 2.24) is 9.80 Å². The van der Waals surface area contributed by atoms with E-state index in [1.54, 1.807) is 32.4 Å². The van der Waals surface area contributed by atoms with Crippen LogP contribution in [-0.2, 0) is 28.9 Å². The van der Waals surface area contributed by atoms with E-state index in [9.17, 15) is 5.11 Å². The second kappa shape index (κ2) is 13.8. The lowest BCUT2D eigenvalue weighted by molar-refractivity contribution is 0.132. The number of piperidine rings is 1. The Bertz CT molecular complexity index is 1240. The molecule has 0 aromatic heterocycles. The van der Waals surface area contributed by atoms with Crippen molar-refractivity contribution in [2.75, 3.05) is 47.0 Å². The number of ether oxygens (including phenoxy) is 3. The van der Waals surface area contributed by atoms with Crippen LogP contribution in [0, 0.1) is 17.7 Å². The minimum Gasteiger partial charge on any atom is -0.508 e. The molecule has 1 saturated heterocycles. The van der Waals surface area contributed by atoms with Crippen LogP contribution < -0.4 is 4.74 Å². The van der Waals surface area contributed by atoms with Crippen LogP contribution >= 0.6 is 0 Å². The maximum absolute atomic E-state index is 15.1. The Labute approximate surface area is 244 Å². The lowest BCUT2D eigenvalue weighted by atomic mass is 9.72. The molecular formula is C34H45FN2O4. The smallest absolute Gasteiger partial charge is 0.165 e. The molecule has 1 fully saturated rings. The van der Waals surface area contributed by atoms with Gasteiger partial charge in [0, 0.05) is 25.0 Å². The predicted molar refractivity (Wildman–Crippen MR) is 159 cm³/mol. The van der Waals surface area contributed by atoms with E-state index in [4.69, 9.17) is 14.2 Å². The maximum Gasteiger partial charge on any atom is 0.165 e. The van der Waals surface area contributed by atoms with E-state index in [0.717, 1.165) is 62.5 Å². The van der Waals surface area contributed by atoms with Gasteiger partial charge in [0.1, 0.15) is 12.4 Å². The van der Waals surface area contributed by atoms with Crippen molar-refractivity contribution in [3.63, 3.8) is 0 Å². The largest absolute Gasteiger partial charge is 0.508 e. The van der Waals surface area contributed by atoms with E-state index in [0.29, 0.717) is 30.6 Å². The van der Waals surface area contributed by atoms with Gasteiger partial charge in [-0.1, -0.05) is 25.5 Å². The topological polar surface area (TPSA) is 54.4 Å². The Morgan fingerprint density at radius 2 is 1.76 bits per heavy atom. The third-order valence-electron chi connectivity index (χ3n) is 9.07. The molecule has 2 unspecified atom stereocenters. The number of hydrogen-bond donors (Lipinski definition) is 1. The van der Waals surface area contributed by atoms with E-state index in [2.05, 4.69) is 34.9 Å². The van der Waals surface area contributed by atoms with Gasteiger partial charge in [0.25, 0.3) is 0 Å². The first-order valence-electron chi connectivity index (χ1n) is 15.2. The second-order valence-electron chi connectivity index (χ2n) is 11.6. The lowest BCUT2D eigenvalue weighted by Crippen LogP contribution is -2.44. The lowest BCUT2D eigenvalue weighted by Gasteiger charge is -2.41. The molecule has 2 aliphatic carbocycles. The molecule has 3 atom stereocenters. The third-order valence-corrected chi connectivity index (χ3v) is 9.07. The quantitative estimate of drug-likeness (QED) is 0.357. The van der Waals surface area contributed by atoms with Crippen molar-refractivity contribution in [2.24, 2.45) is 11.8 Å². The zero-order valence-corrected chi connectivity index (χ0v) is 24.8. The summed E-state index contributed by atoms with van der Waals surface area (Å²) in [5.74, 6) is 2.45. The molecule has 41 heavy (non-hydrogen) atoms. The molecule has 0 saturated carbocycles. The fraction of sp³-hybridized carbons (Fsp3) is 0.529. The van der Waals surface area contributed by atoms with E-state index < -0.39 is 0 Å². The van der Waals surface area contributed by atoms with Crippen LogP contribution in [0.3, 0.4) is 0 Å². The first-order chi connectivity index (χ1) is 20.0. The van der Waals surface area contributed by atoms with Crippen molar-refractivity contribution in [3.8, 4) is 11.5 Å². The molecule has 0 spiro atoms. The van der Waals surface area contributed by atoms with Crippen LogP contribution in [-0.4, -0.2) is 68.0 Å². The highest BCUT2D eigenvalue weighted by atomic mass is 19.1. The number of rotatable bonds is 11. The Balaban J connectivity index is 1.30. The number of halogens is 1. The number of fused-ring (bicyclic) bond motifs is 1. The number of methoxy groups -OCH3 is 2. The van der Waals surface area contributed by atoms with Crippen LogP contribution in [0.25, 0.3) is 0 Å². The van der Waals surface area contributed by atoms with E-state index in [1.165, 1.54) is 30.4 Å². The number of likely N-dealkylation sites (N-methyl/N-ethyl adjacent to an activating group) is 1. The Kier molecular flexibility index (Phi) is 9.88. The highest BCUT2D eigenvalue weighted by Gasteiger charge is 2.37. The molecule has 2 aromatic rings. The second-order valence-corrected chi connectivity index (χ2v) is 11.6. The summed E-state index contributed by atoms with van der Waals surface area (Å²) < 4.78 is 32.4. The number of hydrogen-bond acceptors (Lipinski definition) is 6. The minimum absolute atomic E-state index is 0.0704. The molecule has 0 radical (unpaired) electrons. The summed E-state index contributed by atoms with van der Waals surface area (Å²) in [5.41, 5.74) is 3.45. The molecule has 0 amide bonds. The number of aryl methyl sites for hydroxylation is 1. The van der Waals surface area contributed by atoms with Gasteiger partial charge in [-0.3, -0.25) is 9.80 Å². The van der Waals surface area contributed by atoms with Gasteiger partial charge in [-0.05, 0) is 111 Å². The van der Waals surface area contributed by atoms with Gasteiger partial charge in [0.05, 0.1) is 14.2 Å². The van der Waals surface area contributed by atoms with E-state index >= 15 is 4.39 Å². The summed E-state index contributed by atoms with van der Waals surface area (Å²) in [6.45, 7) is 7.13. The van der Waals surface area contributed by atoms with Gasteiger partial charge < -0.3 is 19.3 Å². The van der Waals surface area contributed by atoms with Crippen LogP contribution in [0.4, 0.5) is 4.39 Å². The van der Waals surface area contributed by atoms with Gasteiger partial charge in [-0.25, -0.2) is 4.39 Å². The summed E-state index contributed by atoms with van der Waals surface area (Å²) in [4.78, 5) is 4.79. The van der Waals surface area contributed by atoms with Crippen molar-refractivity contribution in [3.05, 3.63) is 82.6 Å². The van der Waals surface area contributed by atoms with Crippen molar-refractivity contribution in [2.45, 2.75) is 58.0 Å². The average molecular weight is 565 g/mol. The summed E-state index contributed by atoms with van der Waals surface area (Å²) >= 11 is 0. The summed E-state index contributed by atoms with van der Waals surface area (Å²) in [6, 6.07) is 11.2.